The van der Waals surface area contributed by atoms with Crippen molar-refractivity contribution >= 4 is 21.6 Å². The molecule has 0 aliphatic rings. The Hall–Kier alpha value is -1.56. The number of hydrogen-bond acceptors (Lipinski definition) is 2. The Morgan fingerprint density at radius 3 is 2.35 bits per heavy atom. The largest absolute Gasteiger partial charge is 0.372 e. The van der Waals surface area contributed by atoms with Gasteiger partial charge in [0.2, 0.25) is 0 Å². The van der Waals surface area contributed by atoms with Crippen LogP contribution < -0.4 is 5.32 Å². The molecule has 2 aromatic rings. The first-order valence-electron chi connectivity index (χ1n) is 6.03. The van der Waals surface area contributed by atoms with E-state index in [2.05, 4.69) is 26.2 Å². The lowest BCUT2D eigenvalue weighted by Crippen LogP contribution is -2.13. The van der Waals surface area contributed by atoms with Gasteiger partial charge in [-0.1, -0.05) is 22.9 Å². The summed E-state index contributed by atoms with van der Waals surface area (Å²) in [6.45, 7) is 1.84. The van der Waals surface area contributed by atoms with E-state index in [0.29, 0.717) is 16.6 Å². The van der Waals surface area contributed by atoms with Gasteiger partial charge in [0.1, 0.15) is 23.1 Å². The number of halogens is 4. The lowest BCUT2D eigenvalue weighted by atomic mass is 10.1. The number of nitrogens with one attached hydrogen (secondary N) is 1. The SMILES string of the molecule is CCC(Nc1c(F)cc(Br)cc1F)c1ccc(F)cn1. The summed E-state index contributed by atoms with van der Waals surface area (Å²) in [5.74, 6) is -1.85. The minimum Gasteiger partial charge on any atom is -0.372 e. The van der Waals surface area contributed by atoms with Crippen LogP contribution >= 0.6 is 15.9 Å². The maximum Gasteiger partial charge on any atom is 0.150 e. The van der Waals surface area contributed by atoms with Gasteiger partial charge in [0.05, 0.1) is 17.9 Å². The molecule has 0 fully saturated rings. The molecule has 1 aromatic heterocycles. The molecule has 1 N–H and O–H groups in total. The average molecular weight is 345 g/mol. The molecule has 1 aromatic carbocycles. The zero-order valence-corrected chi connectivity index (χ0v) is 12.2. The van der Waals surface area contributed by atoms with E-state index in [1.54, 1.807) is 0 Å². The van der Waals surface area contributed by atoms with Crippen molar-refractivity contribution in [2.45, 2.75) is 19.4 Å². The first-order chi connectivity index (χ1) is 9.51. The molecule has 6 heteroatoms. The van der Waals surface area contributed by atoms with Gasteiger partial charge in [0, 0.05) is 4.47 Å². The van der Waals surface area contributed by atoms with E-state index in [1.807, 2.05) is 6.92 Å². The van der Waals surface area contributed by atoms with Gasteiger partial charge in [-0.05, 0) is 30.7 Å². The third-order valence-corrected chi connectivity index (χ3v) is 3.30. The average Bonchev–Trinajstić information content (AvgIpc) is 2.39. The minimum atomic E-state index is -0.697. The highest BCUT2D eigenvalue weighted by molar-refractivity contribution is 9.10. The Balaban J connectivity index is 2.29. The molecule has 0 aliphatic heterocycles. The molecule has 0 saturated carbocycles. The number of aromatic nitrogens is 1. The Morgan fingerprint density at radius 1 is 1.20 bits per heavy atom. The molecule has 0 radical (unpaired) electrons. The van der Waals surface area contributed by atoms with Gasteiger partial charge in [0.25, 0.3) is 0 Å². The number of hydrogen-bond donors (Lipinski definition) is 1. The lowest BCUT2D eigenvalue weighted by molar-refractivity contribution is 0.576. The Kier molecular flexibility index (Phi) is 4.65. The van der Waals surface area contributed by atoms with Crippen LogP contribution in [0.4, 0.5) is 18.9 Å². The number of pyridine rings is 1. The lowest BCUT2D eigenvalue weighted by Gasteiger charge is -2.18. The molecule has 0 spiro atoms. The van der Waals surface area contributed by atoms with Gasteiger partial charge in [0.15, 0.2) is 0 Å². The number of nitrogens with zero attached hydrogens (tertiary/aromatic N) is 1. The number of rotatable bonds is 4. The van der Waals surface area contributed by atoms with Crippen LogP contribution in [0.2, 0.25) is 0 Å². The van der Waals surface area contributed by atoms with Crippen molar-refractivity contribution in [2.75, 3.05) is 5.32 Å². The summed E-state index contributed by atoms with van der Waals surface area (Å²) in [6.07, 6.45) is 1.63. The van der Waals surface area contributed by atoms with E-state index in [9.17, 15) is 13.2 Å². The third kappa shape index (κ3) is 3.30. The predicted octanol–water partition coefficient (Wildman–Crippen LogP) is 4.82. The van der Waals surface area contributed by atoms with Crippen LogP contribution in [-0.2, 0) is 0 Å². The summed E-state index contributed by atoms with van der Waals surface area (Å²) < 4.78 is 40.7. The highest BCUT2D eigenvalue weighted by Crippen LogP contribution is 2.28. The summed E-state index contributed by atoms with van der Waals surface area (Å²) in [5.41, 5.74) is 0.307. The van der Waals surface area contributed by atoms with Gasteiger partial charge in [-0.2, -0.15) is 0 Å². The van der Waals surface area contributed by atoms with Crippen LogP contribution in [0, 0.1) is 17.5 Å². The smallest absolute Gasteiger partial charge is 0.150 e. The van der Waals surface area contributed by atoms with E-state index >= 15 is 0 Å². The van der Waals surface area contributed by atoms with Crippen molar-refractivity contribution in [2.24, 2.45) is 0 Å². The van der Waals surface area contributed by atoms with Gasteiger partial charge in [-0.3, -0.25) is 4.98 Å². The summed E-state index contributed by atoms with van der Waals surface area (Å²) in [4.78, 5) is 3.93. The van der Waals surface area contributed by atoms with E-state index in [-0.39, 0.29) is 5.69 Å². The summed E-state index contributed by atoms with van der Waals surface area (Å²) >= 11 is 3.02. The van der Waals surface area contributed by atoms with Crippen LogP contribution in [0.3, 0.4) is 0 Å². The highest BCUT2D eigenvalue weighted by atomic mass is 79.9. The van der Waals surface area contributed by atoms with E-state index in [4.69, 9.17) is 0 Å². The minimum absolute atomic E-state index is 0.217. The highest BCUT2D eigenvalue weighted by Gasteiger charge is 2.17. The molecular formula is C14H12BrF3N2. The van der Waals surface area contributed by atoms with Crippen LogP contribution in [-0.4, -0.2) is 4.98 Å². The monoisotopic (exact) mass is 344 g/mol. The molecular weight excluding hydrogens is 333 g/mol. The van der Waals surface area contributed by atoms with Crippen molar-refractivity contribution in [3.63, 3.8) is 0 Å². The molecule has 1 heterocycles. The van der Waals surface area contributed by atoms with Crippen molar-refractivity contribution in [1.29, 1.82) is 0 Å². The van der Waals surface area contributed by atoms with Crippen molar-refractivity contribution in [3.05, 3.63) is 58.1 Å². The van der Waals surface area contributed by atoms with E-state index in [0.717, 1.165) is 6.20 Å². The fraction of sp³-hybridized carbons (Fsp3) is 0.214. The second-order valence-corrected chi connectivity index (χ2v) is 5.17. The topological polar surface area (TPSA) is 24.9 Å². The Morgan fingerprint density at radius 2 is 1.85 bits per heavy atom. The summed E-state index contributed by atoms with van der Waals surface area (Å²) in [6, 6.07) is 4.71. The van der Waals surface area contributed by atoms with Crippen LogP contribution in [0.1, 0.15) is 25.1 Å². The first-order valence-corrected chi connectivity index (χ1v) is 6.83. The first kappa shape index (κ1) is 14.8. The zero-order chi connectivity index (χ0) is 14.7. The number of benzene rings is 1. The van der Waals surface area contributed by atoms with Gasteiger partial charge in [-0.15, -0.1) is 0 Å². The molecule has 0 saturated heterocycles. The molecule has 0 aliphatic carbocycles. The van der Waals surface area contributed by atoms with Crippen molar-refractivity contribution < 1.29 is 13.2 Å². The maximum absolute atomic E-state index is 13.8. The molecule has 20 heavy (non-hydrogen) atoms. The van der Waals surface area contributed by atoms with Crippen LogP contribution in [0.15, 0.2) is 34.9 Å². The maximum atomic E-state index is 13.8. The molecule has 1 atom stereocenters. The molecule has 0 amide bonds. The summed E-state index contributed by atoms with van der Waals surface area (Å²) in [5, 5.41) is 2.77. The molecule has 2 rings (SSSR count). The second-order valence-electron chi connectivity index (χ2n) is 4.25. The molecule has 1 unspecified atom stereocenters. The van der Waals surface area contributed by atoms with Crippen LogP contribution in [0.5, 0.6) is 0 Å². The second kappa shape index (κ2) is 6.26. The van der Waals surface area contributed by atoms with Crippen LogP contribution in [0.25, 0.3) is 0 Å². The van der Waals surface area contributed by atoms with Gasteiger partial charge < -0.3 is 5.32 Å². The standard InChI is InChI=1S/C14H12BrF3N2/c1-2-12(13-4-3-9(16)7-19-13)20-14-10(17)5-8(15)6-11(14)18/h3-7,12,20H,2H2,1H3. The van der Waals surface area contributed by atoms with Gasteiger partial charge >= 0.3 is 0 Å². The third-order valence-electron chi connectivity index (χ3n) is 2.84. The van der Waals surface area contributed by atoms with Gasteiger partial charge in [-0.25, -0.2) is 13.2 Å². The Bertz CT molecular complexity index is 579. The fourth-order valence-electron chi connectivity index (χ4n) is 1.83. The Labute approximate surface area is 123 Å². The molecule has 2 nitrogen and oxygen atoms in total. The summed E-state index contributed by atoms with van der Waals surface area (Å²) in [7, 11) is 0. The molecule has 0 bridgehead atoms. The number of anilines is 1. The fourth-order valence-corrected chi connectivity index (χ4v) is 2.23. The zero-order valence-electron chi connectivity index (χ0n) is 10.6. The quantitative estimate of drug-likeness (QED) is 0.859. The molecule has 106 valence electrons. The predicted molar refractivity (Wildman–Crippen MR) is 74.9 cm³/mol. The normalized spacial score (nSPS) is 12.2. The van der Waals surface area contributed by atoms with E-state index < -0.39 is 23.5 Å². The van der Waals surface area contributed by atoms with E-state index in [1.165, 1.54) is 24.3 Å². The van der Waals surface area contributed by atoms with Crippen molar-refractivity contribution in [1.82, 2.24) is 4.98 Å². The van der Waals surface area contributed by atoms with Crippen molar-refractivity contribution in [3.8, 4) is 0 Å².